The van der Waals surface area contributed by atoms with Crippen molar-refractivity contribution in [2.45, 2.75) is 37.4 Å². The van der Waals surface area contributed by atoms with Gasteiger partial charge < -0.3 is 20.1 Å². The zero-order chi connectivity index (χ0) is 12.3. The molecule has 2 rings (SSSR count). The van der Waals surface area contributed by atoms with Crippen LogP contribution in [-0.2, 0) is 9.53 Å². The maximum absolute atomic E-state index is 11.9. The molecule has 98 valence electrons. The van der Waals surface area contributed by atoms with Gasteiger partial charge in [0.15, 0.2) is 0 Å². The molecule has 0 bridgehead atoms. The summed E-state index contributed by atoms with van der Waals surface area (Å²) in [6.07, 6.45) is 3.01. The normalized spacial score (nSPS) is 34.0. The standard InChI is InChI=1S/C12H22N2O3/c1-13-8-11(16)14-5-2-4-12(9-14)7-10(15)3-6-17-12/h10,13,15H,2-9H2,1H3/t10-,12-/m1/s1. The summed E-state index contributed by atoms with van der Waals surface area (Å²) < 4.78 is 5.86. The van der Waals surface area contributed by atoms with Gasteiger partial charge in [-0.15, -0.1) is 0 Å². The van der Waals surface area contributed by atoms with Crippen LogP contribution in [-0.4, -0.2) is 60.9 Å². The molecule has 0 aromatic carbocycles. The van der Waals surface area contributed by atoms with Crippen LogP contribution in [0.25, 0.3) is 0 Å². The van der Waals surface area contributed by atoms with E-state index in [2.05, 4.69) is 5.32 Å². The summed E-state index contributed by atoms with van der Waals surface area (Å²) in [5.41, 5.74) is -0.292. The Labute approximate surface area is 102 Å². The minimum absolute atomic E-state index is 0.121. The van der Waals surface area contributed by atoms with Crippen molar-refractivity contribution < 1.29 is 14.6 Å². The predicted molar refractivity (Wildman–Crippen MR) is 63.7 cm³/mol. The predicted octanol–water partition coefficient (Wildman–Crippen LogP) is -0.262. The molecule has 0 saturated carbocycles. The molecule has 5 nitrogen and oxygen atoms in total. The molecule has 17 heavy (non-hydrogen) atoms. The second-order valence-corrected chi connectivity index (χ2v) is 5.13. The molecular formula is C12H22N2O3. The lowest BCUT2D eigenvalue weighted by molar-refractivity contribution is -0.160. The third kappa shape index (κ3) is 2.97. The van der Waals surface area contributed by atoms with E-state index < -0.39 is 0 Å². The number of nitrogens with one attached hydrogen (secondary N) is 1. The summed E-state index contributed by atoms with van der Waals surface area (Å²) in [4.78, 5) is 13.7. The molecule has 2 saturated heterocycles. The fourth-order valence-corrected chi connectivity index (χ4v) is 2.86. The number of rotatable bonds is 2. The highest BCUT2D eigenvalue weighted by Crippen LogP contribution is 2.33. The molecule has 1 amide bonds. The molecule has 2 N–H and O–H groups in total. The number of aliphatic hydroxyl groups excluding tert-OH is 1. The molecule has 2 fully saturated rings. The average Bonchev–Trinajstić information content (AvgIpc) is 2.29. The fourth-order valence-electron chi connectivity index (χ4n) is 2.86. The monoisotopic (exact) mass is 242 g/mol. The molecule has 2 heterocycles. The summed E-state index contributed by atoms with van der Waals surface area (Å²) in [6.45, 7) is 2.42. The second kappa shape index (κ2) is 5.33. The van der Waals surface area contributed by atoms with Gasteiger partial charge in [-0.25, -0.2) is 0 Å². The Kier molecular flexibility index (Phi) is 4.01. The number of aliphatic hydroxyl groups is 1. The number of likely N-dealkylation sites (tertiary alicyclic amines) is 1. The lowest BCUT2D eigenvalue weighted by atomic mass is 9.84. The Morgan fingerprint density at radius 2 is 2.47 bits per heavy atom. The largest absolute Gasteiger partial charge is 0.393 e. The fraction of sp³-hybridized carbons (Fsp3) is 0.917. The molecule has 2 aliphatic heterocycles. The number of likely N-dealkylation sites (N-methyl/N-ethyl adjacent to an activating group) is 1. The molecule has 0 radical (unpaired) electrons. The van der Waals surface area contributed by atoms with Gasteiger partial charge in [0, 0.05) is 26.1 Å². The van der Waals surface area contributed by atoms with Gasteiger partial charge >= 0.3 is 0 Å². The Balaban J connectivity index is 1.98. The van der Waals surface area contributed by atoms with E-state index in [0.29, 0.717) is 32.5 Å². The van der Waals surface area contributed by atoms with Crippen molar-refractivity contribution >= 4 is 5.91 Å². The van der Waals surface area contributed by atoms with Crippen LogP contribution in [0.3, 0.4) is 0 Å². The van der Waals surface area contributed by atoms with Crippen LogP contribution >= 0.6 is 0 Å². The van der Waals surface area contributed by atoms with Crippen LogP contribution in [0.4, 0.5) is 0 Å². The quantitative estimate of drug-likeness (QED) is 0.700. The van der Waals surface area contributed by atoms with Crippen LogP contribution in [0, 0.1) is 0 Å². The minimum atomic E-state index is -0.292. The lowest BCUT2D eigenvalue weighted by Crippen LogP contribution is -2.56. The zero-order valence-electron chi connectivity index (χ0n) is 10.4. The molecule has 5 heteroatoms. The topological polar surface area (TPSA) is 61.8 Å². The second-order valence-electron chi connectivity index (χ2n) is 5.13. The van der Waals surface area contributed by atoms with Gasteiger partial charge in [0.05, 0.1) is 18.2 Å². The molecule has 0 unspecified atom stereocenters. The number of piperidine rings is 1. The first-order valence-electron chi connectivity index (χ1n) is 6.40. The molecule has 1 spiro atoms. The van der Waals surface area contributed by atoms with Crippen molar-refractivity contribution in [3.05, 3.63) is 0 Å². The maximum Gasteiger partial charge on any atom is 0.236 e. The molecule has 0 aliphatic carbocycles. The van der Waals surface area contributed by atoms with Crippen LogP contribution in [0.2, 0.25) is 0 Å². The SMILES string of the molecule is CNCC(=O)N1CCC[C@@]2(C[C@H](O)CCO2)C1. The van der Waals surface area contributed by atoms with Crippen LogP contribution in [0.1, 0.15) is 25.7 Å². The van der Waals surface area contributed by atoms with E-state index in [1.807, 2.05) is 4.90 Å². The van der Waals surface area contributed by atoms with Gasteiger partial charge in [0.2, 0.25) is 5.91 Å². The number of nitrogens with zero attached hydrogens (tertiary/aromatic N) is 1. The van der Waals surface area contributed by atoms with E-state index in [-0.39, 0.29) is 17.6 Å². The minimum Gasteiger partial charge on any atom is -0.393 e. The van der Waals surface area contributed by atoms with Crippen LogP contribution < -0.4 is 5.32 Å². The summed E-state index contributed by atoms with van der Waals surface area (Å²) in [6, 6.07) is 0. The number of hydrogen-bond donors (Lipinski definition) is 2. The highest BCUT2D eigenvalue weighted by molar-refractivity contribution is 5.78. The highest BCUT2D eigenvalue weighted by Gasteiger charge is 2.41. The zero-order valence-corrected chi connectivity index (χ0v) is 10.4. The molecular weight excluding hydrogens is 220 g/mol. The van der Waals surface area contributed by atoms with Crippen molar-refractivity contribution in [3.8, 4) is 0 Å². The smallest absolute Gasteiger partial charge is 0.236 e. The van der Waals surface area contributed by atoms with E-state index in [1.165, 1.54) is 0 Å². The third-order valence-corrected chi connectivity index (χ3v) is 3.69. The third-order valence-electron chi connectivity index (χ3n) is 3.69. The lowest BCUT2D eigenvalue weighted by Gasteiger charge is -2.46. The van der Waals surface area contributed by atoms with E-state index in [1.54, 1.807) is 7.05 Å². The molecule has 2 aliphatic rings. The van der Waals surface area contributed by atoms with Crippen molar-refractivity contribution in [2.24, 2.45) is 0 Å². The van der Waals surface area contributed by atoms with Crippen molar-refractivity contribution in [1.29, 1.82) is 0 Å². The number of carbonyl (C=O) groups is 1. The maximum atomic E-state index is 11.9. The van der Waals surface area contributed by atoms with Gasteiger partial charge in [0.25, 0.3) is 0 Å². The van der Waals surface area contributed by atoms with E-state index >= 15 is 0 Å². The van der Waals surface area contributed by atoms with Crippen LogP contribution in [0.15, 0.2) is 0 Å². The Morgan fingerprint density at radius 3 is 3.18 bits per heavy atom. The van der Waals surface area contributed by atoms with E-state index in [9.17, 15) is 9.90 Å². The Morgan fingerprint density at radius 1 is 1.65 bits per heavy atom. The van der Waals surface area contributed by atoms with Crippen molar-refractivity contribution in [2.75, 3.05) is 33.3 Å². The van der Waals surface area contributed by atoms with E-state index in [0.717, 1.165) is 19.4 Å². The van der Waals surface area contributed by atoms with Gasteiger partial charge in [0.1, 0.15) is 0 Å². The Bertz CT molecular complexity index is 281. The molecule has 0 aromatic heterocycles. The molecule has 0 aromatic rings. The number of carbonyl (C=O) groups excluding carboxylic acids is 1. The van der Waals surface area contributed by atoms with Gasteiger partial charge in [-0.3, -0.25) is 4.79 Å². The first kappa shape index (κ1) is 12.8. The summed E-state index contributed by atoms with van der Waals surface area (Å²) in [5.74, 6) is 0.121. The number of hydrogen-bond acceptors (Lipinski definition) is 4. The average molecular weight is 242 g/mol. The van der Waals surface area contributed by atoms with Crippen molar-refractivity contribution in [3.63, 3.8) is 0 Å². The summed E-state index contributed by atoms with van der Waals surface area (Å²) in [7, 11) is 1.78. The number of ether oxygens (including phenoxy) is 1. The summed E-state index contributed by atoms with van der Waals surface area (Å²) in [5, 5.41) is 12.6. The van der Waals surface area contributed by atoms with Gasteiger partial charge in [-0.05, 0) is 26.3 Å². The number of amides is 1. The van der Waals surface area contributed by atoms with Crippen LogP contribution in [0.5, 0.6) is 0 Å². The molecule has 2 atom stereocenters. The summed E-state index contributed by atoms with van der Waals surface area (Å²) >= 11 is 0. The highest BCUT2D eigenvalue weighted by atomic mass is 16.5. The Hall–Kier alpha value is -0.650. The van der Waals surface area contributed by atoms with E-state index in [4.69, 9.17) is 4.74 Å². The first-order chi connectivity index (χ1) is 8.15. The first-order valence-corrected chi connectivity index (χ1v) is 6.40. The van der Waals surface area contributed by atoms with Gasteiger partial charge in [-0.1, -0.05) is 0 Å². The van der Waals surface area contributed by atoms with Gasteiger partial charge in [-0.2, -0.15) is 0 Å². The van der Waals surface area contributed by atoms with Crippen molar-refractivity contribution in [1.82, 2.24) is 10.2 Å².